The number of nitrogens with zero attached hydrogens (tertiary/aromatic N) is 5. The molecule has 0 bridgehead atoms. The molecule has 2 amide bonds. The van der Waals surface area contributed by atoms with Gasteiger partial charge < -0.3 is 9.80 Å². The van der Waals surface area contributed by atoms with E-state index in [1.54, 1.807) is 23.7 Å². The fraction of sp³-hybridized carbons (Fsp3) is 0.240. The highest BCUT2D eigenvalue weighted by molar-refractivity contribution is 8.18. The number of rotatable bonds is 4. The van der Waals surface area contributed by atoms with Gasteiger partial charge in [0.1, 0.15) is 6.33 Å². The van der Waals surface area contributed by atoms with Gasteiger partial charge in [0.15, 0.2) is 5.13 Å². The van der Waals surface area contributed by atoms with Crippen LogP contribution in [0.5, 0.6) is 0 Å². The van der Waals surface area contributed by atoms with Crippen LogP contribution in [-0.2, 0) is 4.79 Å². The number of thiazole rings is 1. The van der Waals surface area contributed by atoms with Crippen LogP contribution in [0.3, 0.4) is 0 Å². The summed E-state index contributed by atoms with van der Waals surface area (Å²) in [4.78, 5) is 42.6. The average molecular weight is 503 g/mol. The van der Waals surface area contributed by atoms with Crippen molar-refractivity contribution in [1.29, 1.82) is 0 Å². The Balaban J connectivity index is 1.35. The summed E-state index contributed by atoms with van der Waals surface area (Å²) in [6, 6.07) is 12.0. The molecule has 4 aromatic rings. The van der Waals surface area contributed by atoms with Gasteiger partial charge in [0.25, 0.3) is 11.1 Å². The van der Waals surface area contributed by atoms with Gasteiger partial charge in [0, 0.05) is 37.1 Å². The third kappa shape index (κ3) is 4.29. The zero-order valence-corrected chi connectivity index (χ0v) is 20.7. The number of likely N-dealkylation sites (N-methyl/N-ethyl adjacent to an activating group) is 1. The summed E-state index contributed by atoms with van der Waals surface area (Å²) in [5, 5.41) is 3.89. The lowest BCUT2D eigenvalue weighted by molar-refractivity contribution is -0.115. The van der Waals surface area contributed by atoms with E-state index in [2.05, 4.69) is 44.1 Å². The van der Waals surface area contributed by atoms with Crippen LogP contribution < -0.4 is 10.2 Å². The first kappa shape index (κ1) is 22.1. The quantitative estimate of drug-likeness (QED) is 0.412. The van der Waals surface area contributed by atoms with E-state index in [9.17, 15) is 9.59 Å². The number of amides is 2. The van der Waals surface area contributed by atoms with Gasteiger partial charge in [0.05, 0.1) is 26.3 Å². The van der Waals surface area contributed by atoms with Crippen molar-refractivity contribution in [2.75, 3.05) is 37.6 Å². The smallest absolute Gasteiger partial charge is 0.290 e. The minimum absolute atomic E-state index is 0.351. The van der Waals surface area contributed by atoms with Crippen LogP contribution in [0.4, 0.5) is 9.93 Å². The maximum Gasteiger partial charge on any atom is 0.290 e. The highest BCUT2D eigenvalue weighted by Gasteiger charge is 2.25. The van der Waals surface area contributed by atoms with Crippen molar-refractivity contribution in [3.05, 3.63) is 53.2 Å². The molecule has 2 fully saturated rings. The molecule has 35 heavy (non-hydrogen) atoms. The average Bonchev–Trinajstić information content (AvgIpc) is 3.45. The molecule has 8 nitrogen and oxygen atoms in total. The number of thioether (sulfide) groups is 1. The molecule has 0 aliphatic carbocycles. The topological polar surface area (TPSA) is 91.3 Å². The minimum atomic E-state index is -0.368. The first-order valence-electron chi connectivity index (χ1n) is 11.5. The molecule has 4 heterocycles. The van der Waals surface area contributed by atoms with Crippen molar-refractivity contribution in [3.63, 3.8) is 0 Å². The summed E-state index contributed by atoms with van der Waals surface area (Å²) in [6.07, 6.45) is 3.29. The second-order valence-corrected chi connectivity index (χ2v) is 10.5. The predicted molar refractivity (Wildman–Crippen MR) is 142 cm³/mol. The molecule has 0 saturated carbocycles. The Hall–Kier alpha value is -3.34. The van der Waals surface area contributed by atoms with E-state index in [-0.39, 0.29) is 11.1 Å². The number of carbonyl (C=O) groups excluding carboxylic acids is 2. The van der Waals surface area contributed by atoms with Crippen LogP contribution in [-0.4, -0.2) is 63.7 Å². The molecule has 0 spiro atoms. The summed E-state index contributed by atoms with van der Waals surface area (Å²) in [5.74, 6) is -0.368. The van der Waals surface area contributed by atoms with Gasteiger partial charge in [0.2, 0.25) is 0 Å². The maximum atomic E-state index is 12.0. The summed E-state index contributed by atoms with van der Waals surface area (Å²) in [5.41, 5.74) is 4.43. The molecule has 2 aromatic heterocycles. The molecule has 2 aromatic carbocycles. The van der Waals surface area contributed by atoms with E-state index in [0.717, 1.165) is 87.6 Å². The second-order valence-electron chi connectivity index (χ2n) is 8.45. The number of nitrogens with one attached hydrogen (secondary N) is 1. The number of benzene rings is 2. The number of hydrogen-bond donors (Lipinski definition) is 1. The Kier molecular flexibility index (Phi) is 5.71. The van der Waals surface area contributed by atoms with E-state index in [4.69, 9.17) is 4.98 Å². The molecule has 2 aliphatic rings. The predicted octanol–water partition coefficient (Wildman–Crippen LogP) is 4.37. The number of carbonyl (C=O) groups is 2. The van der Waals surface area contributed by atoms with E-state index < -0.39 is 0 Å². The van der Waals surface area contributed by atoms with Crippen molar-refractivity contribution in [2.24, 2.45) is 0 Å². The lowest BCUT2D eigenvalue weighted by Crippen LogP contribution is -2.46. The SMILES string of the molecule is CCN1CCN(c2nc3ccc(-c4ncnc5ccc(/C=C6\SC(=O)NC6=O)cc45)cc3s2)CC1. The zero-order chi connectivity index (χ0) is 23.9. The first-order chi connectivity index (χ1) is 17.1. The molecular formula is C25H22N6O2S2. The summed E-state index contributed by atoms with van der Waals surface area (Å²) in [7, 11) is 0. The van der Waals surface area contributed by atoms with Gasteiger partial charge in [-0.05, 0) is 54.2 Å². The Morgan fingerprint density at radius 1 is 1.03 bits per heavy atom. The Morgan fingerprint density at radius 3 is 2.63 bits per heavy atom. The molecule has 2 aliphatic heterocycles. The zero-order valence-electron chi connectivity index (χ0n) is 19.0. The number of fused-ring (bicyclic) bond motifs is 2. The minimum Gasteiger partial charge on any atom is -0.345 e. The van der Waals surface area contributed by atoms with Gasteiger partial charge in [-0.15, -0.1) is 0 Å². The second kappa shape index (κ2) is 9.03. The van der Waals surface area contributed by atoms with Crippen LogP contribution in [0.2, 0.25) is 0 Å². The van der Waals surface area contributed by atoms with E-state index in [1.807, 2.05) is 24.3 Å². The highest BCUT2D eigenvalue weighted by atomic mass is 32.2. The van der Waals surface area contributed by atoms with E-state index >= 15 is 0 Å². The normalized spacial score (nSPS) is 18.2. The van der Waals surface area contributed by atoms with E-state index in [0.29, 0.717) is 4.91 Å². The van der Waals surface area contributed by atoms with Crippen LogP contribution in [0.25, 0.3) is 38.5 Å². The fourth-order valence-corrected chi connectivity index (χ4v) is 6.16. The van der Waals surface area contributed by atoms with Crippen LogP contribution >= 0.6 is 23.1 Å². The standard InChI is InChI=1S/C25H22N6O2S2/c1-2-30-7-9-31(10-8-30)24-28-19-6-4-16(13-20(19)34-24)22-17-11-15(3-5-18(17)26-14-27-22)12-21-23(32)29-25(33)35-21/h3-6,11-14H,2,7-10H2,1H3,(H,29,32,33)/b21-12-. The summed E-state index contributed by atoms with van der Waals surface area (Å²) >= 11 is 2.63. The molecule has 0 radical (unpaired) electrons. The summed E-state index contributed by atoms with van der Waals surface area (Å²) in [6.45, 7) is 7.42. The lowest BCUT2D eigenvalue weighted by Gasteiger charge is -2.33. The molecule has 2 saturated heterocycles. The first-order valence-corrected chi connectivity index (χ1v) is 13.1. The monoisotopic (exact) mass is 502 g/mol. The third-order valence-electron chi connectivity index (χ3n) is 6.34. The Labute approximate surface area is 210 Å². The van der Waals surface area contributed by atoms with Crippen molar-refractivity contribution < 1.29 is 9.59 Å². The van der Waals surface area contributed by atoms with Gasteiger partial charge >= 0.3 is 0 Å². The number of imide groups is 1. The van der Waals surface area contributed by atoms with Gasteiger partial charge in [-0.25, -0.2) is 15.0 Å². The van der Waals surface area contributed by atoms with Crippen molar-refractivity contribution in [1.82, 2.24) is 25.2 Å². The Morgan fingerprint density at radius 2 is 1.86 bits per heavy atom. The van der Waals surface area contributed by atoms with Crippen LogP contribution in [0.1, 0.15) is 12.5 Å². The molecule has 0 atom stereocenters. The Bertz CT molecular complexity index is 1510. The van der Waals surface area contributed by atoms with Gasteiger partial charge in [-0.3, -0.25) is 14.9 Å². The fourth-order valence-electron chi connectivity index (χ4n) is 4.42. The molecular weight excluding hydrogens is 480 g/mol. The molecule has 10 heteroatoms. The lowest BCUT2D eigenvalue weighted by atomic mass is 10.0. The third-order valence-corrected chi connectivity index (χ3v) is 8.23. The maximum absolute atomic E-state index is 12.0. The largest absolute Gasteiger partial charge is 0.345 e. The van der Waals surface area contributed by atoms with E-state index in [1.165, 1.54) is 0 Å². The van der Waals surface area contributed by atoms with Crippen LogP contribution in [0.15, 0.2) is 47.6 Å². The highest BCUT2D eigenvalue weighted by Crippen LogP contribution is 2.35. The molecule has 0 unspecified atom stereocenters. The number of piperazine rings is 1. The van der Waals surface area contributed by atoms with Crippen molar-refractivity contribution in [3.8, 4) is 11.3 Å². The van der Waals surface area contributed by atoms with Crippen LogP contribution in [0, 0.1) is 0 Å². The number of aromatic nitrogens is 3. The van der Waals surface area contributed by atoms with Gasteiger partial charge in [-0.1, -0.05) is 30.4 Å². The van der Waals surface area contributed by atoms with Crippen molar-refractivity contribution >= 4 is 66.6 Å². The molecule has 176 valence electrons. The number of anilines is 1. The van der Waals surface area contributed by atoms with Gasteiger partial charge in [-0.2, -0.15) is 0 Å². The molecule has 6 rings (SSSR count). The summed E-state index contributed by atoms with van der Waals surface area (Å²) < 4.78 is 1.12. The van der Waals surface area contributed by atoms with Crippen molar-refractivity contribution in [2.45, 2.75) is 6.92 Å². The molecule has 1 N–H and O–H groups in total. The number of hydrogen-bond acceptors (Lipinski definition) is 9.